The summed E-state index contributed by atoms with van der Waals surface area (Å²) < 4.78 is 1.83. The number of benzene rings is 1. The quantitative estimate of drug-likeness (QED) is 0.465. The van der Waals surface area contributed by atoms with E-state index < -0.39 is 0 Å². The fourth-order valence-corrected chi connectivity index (χ4v) is 5.68. The van der Waals surface area contributed by atoms with Gasteiger partial charge in [-0.1, -0.05) is 50.0 Å². The Morgan fingerprint density at radius 1 is 1.26 bits per heavy atom. The van der Waals surface area contributed by atoms with Crippen molar-refractivity contribution in [1.82, 2.24) is 14.5 Å². The molecule has 2 heterocycles. The molecule has 2 aromatic heterocycles. The minimum Gasteiger partial charge on any atom is -0.323 e. The lowest BCUT2D eigenvalue weighted by molar-refractivity contribution is -0.800. The Labute approximate surface area is 211 Å². The van der Waals surface area contributed by atoms with Crippen molar-refractivity contribution in [1.29, 1.82) is 0 Å². The van der Waals surface area contributed by atoms with Gasteiger partial charge in [0.25, 0.3) is 0 Å². The fourth-order valence-electron chi connectivity index (χ4n) is 5.19. The number of anilines is 2. The van der Waals surface area contributed by atoms with Crippen LogP contribution >= 0.6 is 23.2 Å². The molecule has 182 valence electrons. The number of imidazole rings is 1. The van der Waals surface area contributed by atoms with E-state index in [1.165, 1.54) is 25.7 Å². The van der Waals surface area contributed by atoms with E-state index in [-0.39, 0.29) is 11.3 Å². The molecule has 1 unspecified atom stereocenters. The van der Waals surface area contributed by atoms with Crippen LogP contribution in [0.2, 0.25) is 10.0 Å². The SMILES string of the molecule is CC(C)C1CCC(C)(C[NH+](C)C(=O)c2cnc3c(c2)nc(Nc2c(Cl)cccc2Cl)n3C)CC1. The van der Waals surface area contributed by atoms with Gasteiger partial charge < -0.3 is 5.32 Å². The number of halogens is 2. The van der Waals surface area contributed by atoms with E-state index in [0.29, 0.717) is 38.4 Å². The van der Waals surface area contributed by atoms with Crippen molar-refractivity contribution in [3.63, 3.8) is 0 Å². The highest BCUT2D eigenvalue weighted by Crippen LogP contribution is 2.40. The molecule has 0 radical (unpaired) electrons. The van der Waals surface area contributed by atoms with Crippen LogP contribution in [0.4, 0.5) is 11.6 Å². The first-order valence-electron chi connectivity index (χ1n) is 12.0. The zero-order valence-corrected chi connectivity index (χ0v) is 22.1. The second kappa shape index (κ2) is 9.84. The smallest absolute Gasteiger partial charge is 0.323 e. The van der Waals surface area contributed by atoms with Gasteiger partial charge in [-0.3, -0.25) is 9.47 Å². The van der Waals surface area contributed by atoms with Crippen LogP contribution < -0.4 is 10.2 Å². The summed E-state index contributed by atoms with van der Waals surface area (Å²) in [7, 11) is 3.83. The molecule has 34 heavy (non-hydrogen) atoms. The molecule has 1 amide bonds. The van der Waals surface area contributed by atoms with Gasteiger partial charge in [-0.05, 0) is 55.7 Å². The number of rotatable bonds is 6. The summed E-state index contributed by atoms with van der Waals surface area (Å²) >= 11 is 12.6. The molecule has 1 aliphatic rings. The average Bonchev–Trinajstić information content (AvgIpc) is 3.10. The highest BCUT2D eigenvalue weighted by molar-refractivity contribution is 6.39. The molecule has 1 atom stereocenters. The fraction of sp³-hybridized carbons (Fsp3) is 0.500. The summed E-state index contributed by atoms with van der Waals surface area (Å²) in [6.07, 6.45) is 6.51. The summed E-state index contributed by atoms with van der Waals surface area (Å²) in [6, 6.07) is 7.15. The van der Waals surface area contributed by atoms with E-state index in [4.69, 9.17) is 23.2 Å². The van der Waals surface area contributed by atoms with Crippen molar-refractivity contribution in [3.05, 3.63) is 46.1 Å². The number of aromatic nitrogens is 3. The third kappa shape index (κ3) is 5.09. The normalized spacial score (nSPS) is 21.7. The molecule has 8 heteroatoms. The van der Waals surface area contributed by atoms with Gasteiger partial charge in [-0.2, -0.15) is 0 Å². The van der Waals surface area contributed by atoms with Crippen LogP contribution in [0.25, 0.3) is 11.2 Å². The van der Waals surface area contributed by atoms with Crippen LogP contribution in [0.15, 0.2) is 30.5 Å². The van der Waals surface area contributed by atoms with Crippen molar-refractivity contribution in [3.8, 4) is 0 Å². The highest BCUT2D eigenvalue weighted by Gasteiger charge is 2.36. The summed E-state index contributed by atoms with van der Waals surface area (Å²) in [6.45, 7) is 7.80. The molecule has 3 aromatic rings. The molecular weight excluding hydrogens is 469 g/mol. The Hall–Kier alpha value is -2.15. The number of nitrogens with zero attached hydrogens (tertiary/aromatic N) is 3. The molecule has 1 aromatic carbocycles. The van der Waals surface area contributed by atoms with E-state index >= 15 is 0 Å². The van der Waals surface area contributed by atoms with Crippen LogP contribution in [0.1, 0.15) is 56.8 Å². The number of hydrogen-bond acceptors (Lipinski definition) is 4. The molecule has 0 spiro atoms. The third-order valence-electron chi connectivity index (χ3n) is 7.43. The number of amides is 1. The number of hydrogen-bond donors (Lipinski definition) is 2. The van der Waals surface area contributed by atoms with Gasteiger partial charge in [0, 0.05) is 18.7 Å². The third-order valence-corrected chi connectivity index (χ3v) is 8.06. The number of nitrogens with one attached hydrogen (secondary N) is 2. The topological polar surface area (TPSA) is 64.2 Å². The minimum absolute atomic E-state index is 0.0518. The molecular formula is C26H34Cl2N5O+. The number of pyridine rings is 1. The zero-order valence-electron chi connectivity index (χ0n) is 20.6. The van der Waals surface area contributed by atoms with Crippen LogP contribution in [0.3, 0.4) is 0 Å². The Balaban J connectivity index is 1.50. The molecule has 1 saturated carbocycles. The predicted octanol–water partition coefficient (Wildman–Crippen LogP) is 5.53. The minimum atomic E-state index is 0.0518. The van der Waals surface area contributed by atoms with Gasteiger partial charge in [0.1, 0.15) is 5.52 Å². The van der Waals surface area contributed by atoms with E-state index in [1.807, 2.05) is 24.7 Å². The second-order valence-corrected chi connectivity index (χ2v) is 11.3. The molecule has 0 saturated heterocycles. The summed E-state index contributed by atoms with van der Waals surface area (Å²) in [5, 5.41) is 4.21. The van der Waals surface area contributed by atoms with Crippen molar-refractivity contribution in [2.75, 3.05) is 18.9 Å². The van der Waals surface area contributed by atoms with E-state index in [0.717, 1.165) is 23.3 Å². The lowest BCUT2D eigenvalue weighted by Crippen LogP contribution is -3.13. The molecule has 4 rings (SSSR count). The van der Waals surface area contributed by atoms with Gasteiger partial charge in [0.15, 0.2) is 5.65 Å². The monoisotopic (exact) mass is 502 g/mol. The summed E-state index contributed by atoms with van der Waals surface area (Å²) in [5.74, 6) is 2.15. The number of para-hydroxylation sites is 1. The number of fused-ring (bicyclic) bond motifs is 1. The van der Waals surface area contributed by atoms with Gasteiger partial charge in [0.2, 0.25) is 5.95 Å². The maximum atomic E-state index is 13.3. The number of quaternary nitrogens is 1. The highest BCUT2D eigenvalue weighted by atomic mass is 35.5. The number of carbonyl (C=O) groups excluding carboxylic acids is 1. The lowest BCUT2D eigenvalue weighted by Gasteiger charge is -2.38. The van der Waals surface area contributed by atoms with Crippen LogP contribution in [-0.4, -0.2) is 34.0 Å². The van der Waals surface area contributed by atoms with Crippen LogP contribution in [-0.2, 0) is 7.05 Å². The van der Waals surface area contributed by atoms with E-state index in [1.54, 1.807) is 24.4 Å². The Kier molecular flexibility index (Phi) is 7.22. The summed E-state index contributed by atoms with van der Waals surface area (Å²) in [5.41, 5.74) is 2.68. The van der Waals surface area contributed by atoms with Crippen molar-refractivity contribution in [2.45, 2.75) is 46.5 Å². The molecule has 2 N–H and O–H groups in total. The predicted molar refractivity (Wildman–Crippen MR) is 139 cm³/mol. The zero-order chi connectivity index (χ0) is 24.6. The average molecular weight is 503 g/mol. The Bertz CT molecular complexity index is 1180. The van der Waals surface area contributed by atoms with Gasteiger partial charge in [-0.15, -0.1) is 0 Å². The molecule has 0 aliphatic heterocycles. The molecule has 1 fully saturated rings. The van der Waals surface area contributed by atoms with Crippen LogP contribution in [0, 0.1) is 17.3 Å². The largest absolute Gasteiger partial charge is 0.345 e. The van der Waals surface area contributed by atoms with Crippen LogP contribution in [0.5, 0.6) is 0 Å². The Morgan fingerprint density at radius 3 is 2.53 bits per heavy atom. The second-order valence-electron chi connectivity index (χ2n) is 10.5. The van der Waals surface area contributed by atoms with E-state index in [9.17, 15) is 4.79 Å². The van der Waals surface area contributed by atoms with Crippen molar-refractivity contribution >= 4 is 51.9 Å². The first-order chi connectivity index (χ1) is 16.1. The first-order valence-corrected chi connectivity index (χ1v) is 12.7. The standard InChI is InChI=1S/C26H33Cl2N5O/c1-16(2)17-9-11-26(3,12-10-17)15-32(4)24(34)18-13-21-23(29-14-18)33(5)25(30-21)31-22-19(27)7-6-8-20(22)28/h6-8,13-14,16-17H,9-12,15H2,1-5H3,(H,30,31)/p+1. The molecule has 6 nitrogen and oxygen atoms in total. The number of aryl methyl sites for hydroxylation is 1. The molecule has 1 aliphatic carbocycles. The maximum absolute atomic E-state index is 13.3. The number of carbonyl (C=O) groups is 1. The molecule has 0 bridgehead atoms. The lowest BCUT2D eigenvalue weighted by atomic mass is 9.69. The van der Waals surface area contributed by atoms with Crippen molar-refractivity contribution in [2.24, 2.45) is 24.3 Å². The van der Waals surface area contributed by atoms with Gasteiger partial charge in [0.05, 0.1) is 34.9 Å². The van der Waals surface area contributed by atoms with Crippen molar-refractivity contribution < 1.29 is 9.69 Å². The maximum Gasteiger partial charge on any atom is 0.345 e. The van der Waals surface area contributed by atoms with Gasteiger partial charge >= 0.3 is 5.91 Å². The van der Waals surface area contributed by atoms with E-state index in [2.05, 4.69) is 36.1 Å². The first kappa shape index (κ1) is 25.0. The summed E-state index contributed by atoms with van der Waals surface area (Å²) in [4.78, 5) is 23.4. The van der Waals surface area contributed by atoms with Gasteiger partial charge in [-0.25, -0.2) is 14.8 Å². The Morgan fingerprint density at radius 2 is 1.91 bits per heavy atom.